The summed E-state index contributed by atoms with van der Waals surface area (Å²) in [6.45, 7) is 11.3. The Bertz CT molecular complexity index is 889. The molecule has 3 N–H and O–H groups in total. The average Bonchev–Trinajstić information content (AvgIpc) is 2.76. The Kier molecular flexibility index (Phi) is 7.82. The highest BCUT2D eigenvalue weighted by atomic mass is 16.2. The van der Waals surface area contributed by atoms with Gasteiger partial charge in [-0.05, 0) is 38.5 Å². The van der Waals surface area contributed by atoms with Crippen LogP contribution in [0.1, 0.15) is 23.6 Å². The quantitative estimate of drug-likeness (QED) is 0.589. The zero-order chi connectivity index (χ0) is 22.4. The van der Waals surface area contributed by atoms with E-state index in [9.17, 15) is 9.59 Å². The number of likely N-dealkylation sites (N-methyl/N-ethyl adjacent to an activating group) is 1. The lowest BCUT2D eigenvalue weighted by Crippen LogP contribution is -3.29. The van der Waals surface area contributed by atoms with Crippen LogP contribution in [0.4, 0.5) is 5.69 Å². The van der Waals surface area contributed by atoms with Crippen LogP contribution in [0.5, 0.6) is 0 Å². The molecule has 0 aliphatic carbocycles. The van der Waals surface area contributed by atoms with Crippen molar-refractivity contribution in [2.24, 2.45) is 0 Å². The van der Waals surface area contributed by atoms with Crippen LogP contribution in [0.15, 0.2) is 48.5 Å². The molecule has 1 heterocycles. The number of carbonyl (C=O) groups is 2. The molecule has 166 valence electrons. The minimum absolute atomic E-state index is 0.0245. The average molecular weight is 425 g/mol. The highest BCUT2D eigenvalue weighted by Gasteiger charge is 2.33. The molecule has 6 heteroatoms. The lowest BCUT2D eigenvalue weighted by Gasteiger charge is -2.34. The number of nitrogens with one attached hydrogen (secondary N) is 3. The molecule has 0 unspecified atom stereocenters. The van der Waals surface area contributed by atoms with Crippen LogP contribution in [-0.4, -0.2) is 62.5 Å². The second kappa shape index (κ2) is 10.6. The van der Waals surface area contributed by atoms with E-state index in [2.05, 4.69) is 36.5 Å². The standard InChI is InChI=1S/C25H34N4O2/c1-19-9-11-23(12-10-19)26-24(30)18-27(4)25(31)21(3)29-15-13-28(14-16-29)17-22-8-6-5-7-20(22)2/h5-12,21H,13-18H2,1-4H3,(H,26,30)/p+2/t21-/m0/s1. The van der Waals surface area contributed by atoms with Crippen molar-refractivity contribution in [3.8, 4) is 0 Å². The van der Waals surface area contributed by atoms with Crippen LogP contribution in [0.2, 0.25) is 0 Å². The molecular weight excluding hydrogens is 388 g/mol. The number of piperazine rings is 1. The highest BCUT2D eigenvalue weighted by molar-refractivity contribution is 5.94. The summed E-state index contributed by atoms with van der Waals surface area (Å²) in [5.41, 5.74) is 4.65. The van der Waals surface area contributed by atoms with Gasteiger partial charge in [-0.15, -0.1) is 0 Å². The van der Waals surface area contributed by atoms with Gasteiger partial charge in [0.15, 0.2) is 6.04 Å². The number of carbonyl (C=O) groups excluding carboxylic acids is 2. The Balaban J connectivity index is 1.45. The summed E-state index contributed by atoms with van der Waals surface area (Å²) in [7, 11) is 1.71. The third kappa shape index (κ3) is 6.39. The van der Waals surface area contributed by atoms with Gasteiger partial charge in [0, 0.05) is 18.3 Å². The molecule has 2 aromatic carbocycles. The second-order valence-corrected chi connectivity index (χ2v) is 8.84. The molecule has 31 heavy (non-hydrogen) atoms. The number of benzene rings is 2. The molecule has 1 aliphatic heterocycles. The predicted molar refractivity (Wildman–Crippen MR) is 123 cm³/mol. The fourth-order valence-electron chi connectivity index (χ4n) is 4.25. The summed E-state index contributed by atoms with van der Waals surface area (Å²) in [5.74, 6) is -0.147. The molecule has 0 spiro atoms. The molecule has 1 fully saturated rings. The van der Waals surface area contributed by atoms with E-state index >= 15 is 0 Å². The van der Waals surface area contributed by atoms with Crippen LogP contribution in [0.25, 0.3) is 0 Å². The molecule has 2 aromatic rings. The zero-order valence-electron chi connectivity index (χ0n) is 19.2. The Morgan fingerprint density at radius 1 is 1.00 bits per heavy atom. The van der Waals surface area contributed by atoms with E-state index in [1.165, 1.54) is 16.0 Å². The SMILES string of the molecule is Cc1ccc(NC(=O)CN(C)C(=O)[C@H](C)[NH+]2CC[NH+](Cc3ccccc3C)CC2)cc1. The van der Waals surface area contributed by atoms with E-state index in [-0.39, 0.29) is 24.4 Å². The Morgan fingerprint density at radius 3 is 2.29 bits per heavy atom. The number of anilines is 1. The molecule has 3 rings (SSSR count). The van der Waals surface area contributed by atoms with Crippen molar-refractivity contribution in [2.45, 2.75) is 33.4 Å². The molecular formula is C25H36N4O2+2. The van der Waals surface area contributed by atoms with E-state index in [1.54, 1.807) is 16.8 Å². The number of amides is 2. The van der Waals surface area contributed by atoms with Crippen molar-refractivity contribution >= 4 is 17.5 Å². The number of quaternary nitrogens is 2. The Morgan fingerprint density at radius 2 is 1.65 bits per heavy atom. The minimum atomic E-state index is -0.172. The maximum Gasteiger partial charge on any atom is 0.280 e. The van der Waals surface area contributed by atoms with E-state index in [0.29, 0.717) is 0 Å². The van der Waals surface area contributed by atoms with Gasteiger partial charge in [0.2, 0.25) is 5.91 Å². The van der Waals surface area contributed by atoms with Gasteiger partial charge in [0.05, 0.1) is 6.54 Å². The van der Waals surface area contributed by atoms with E-state index in [0.717, 1.165) is 44.0 Å². The van der Waals surface area contributed by atoms with E-state index in [4.69, 9.17) is 0 Å². The van der Waals surface area contributed by atoms with Crippen LogP contribution in [0, 0.1) is 13.8 Å². The van der Waals surface area contributed by atoms with E-state index < -0.39 is 0 Å². The molecule has 0 aromatic heterocycles. The van der Waals surface area contributed by atoms with Crippen molar-refractivity contribution in [3.63, 3.8) is 0 Å². The van der Waals surface area contributed by atoms with Crippen LogP contribution < -0.4 is 15.1 Å². The van der Waals surface area contributed by atoms with Crippen LogP contribution in [0.3, 0.4) is 0 Å². The van der Waals surface area contributed by atoms with Gasteiger partial charge in [0.25, 0.3) is 5.91 Å². The van der Waals surface area contributed by atoms with Crippen LogP contribution >= 0.6 is 0 Å². The molecule has 1 atom stereocenters. The molecule has 0 radical (unpaired) electrons. The first-order valence-corrected chi connectivity index (χ1v) is 11.2. The number of nitrogens with zero attached hydrogens (tertiary/aromatic N) is 1. The van der Waals surface area contributed by atoms with E-state index in [1.807, 2.05) is 38.1 Å². The van der Waals surface area contributed by atoms with Crippen molar-refractivity contribution in [1.29, 1.82) is 0 Å². The fraction of sp³-hybridized carbons (Fsp3) is 0.440. The maximum atomic E-state index is 12.9. The first-order chi connectivity index (χ1) is 14.8. The zero-order valence-corrected chi connectivity index (χ0v) is 19.2. The number of rotatable bonds is 7. The van der Waals surface area contributed by atoms with Crippen molar-refractivity contribution in [2.75, 3.05) is 45.1 Å². The monoisotopic (exact) mass is 424 g/mol. The molecule has 0 saturated carbocycles. The van der Waals surface area contributed by atoms with Gasteiger partial charge in [-0.3, -0.25) is 9.59 Å². The molecule has 2 amide bonds. The third-order valence-corrected chi connectivity index (χ3v) is 6.38. The Hall–Kier alpha value is -2.70. The highest BCUT2D eigenvalue weighted by Crippen LogP contribution is 2.08. The summed E-state index contributed by atoms with van der Waals surface area (Å²) < 4.78 is 0. The summed E-state index contributed by atoms with van der Waals surface area (Å²) in [6, 6.07) is 16.1. The molecule has 0 bridgehead atoms. The van der Waals surface area contributed by atoms with Gasteiger partial charge in [0.1, 0.15) is 32.7 Å². The van der Waals surface area contributed by atoms with Gasteiger partial charge in [-0.25, -0.2) is 0 Å². The van der Waals surface area contributed by atoms with Crippen molar-refractivity contribution in [1.82, 2.24) is 4.90 Å². The lowest BCUT2D eigenvalue weighted by atomic mass is 10.1. The van der Waals surface area contributed by atoms with Crippen LogP contribution in [-0.2, 0) is 16.1 Å². The topological polar surface area (TPSA) is 58.3 Å². The van der Waals surface area contributed by atoms with Crippen molar-refractivity contribution < 1.29 is 19.4 Å². The van der Waals surface area contributed by atoms with Gasteiger partial charge in [-0.2, -0.15) is 0 Å². The second-order valence-electron chi connectivity index (χ2n) is 8.84. The third-order valence-electron chi connectivity index (χ3n) is 6.38. The maximum absolute atomic E-state index is 12.9. The number of hydrogen-bond donors (Lipinski definition) is 3. The smallest absolute Gasteiger partial charge is 0.280 e. The molecule has 6 nitrogen and oxygen atoms in total. The molecule has 1 saturated heterocycles. The Labute approximate surface area is 185 Å². The lowest BCUT2D eigenvalue weighted by molar-refractivity contribution is -1.02. The number of hydrogen-bond acceptors (Lipinski definition) is 2. The first kappa shape index (κ1) is 23.0. The van der Waals surface area contributed by atoms with Gasteiger partial charge < -0.3 is 20.0 Å². The first-order valence-electron chi connectivity index (χ1n) is 11.2. The summed E-state index contributed by atoms with van der Waals surface area (Å²) in [6.07, 6.45) is 0. The predicted octanol–water partition coefficient (Wildman–Crippen LogP) is 0.0724. The fourth-order valence-corrected chi connectivity index (χ4v) is 4.25. The minimum Gasteiger partial charge on any atom is -0.331 e. The van der Waals surface area contributed by atoms with Gasteiger partial charge in [-0.1, -0.05) is 42.0 Å². The normalized spacial score (nSPS) is 19.5. The largest absolute Gasteiger partial charge is 0.331 e. The van der Waals surface area contributed by atoms with Crippen molar-refractivity contribution in [3.05, 3.63) is 65.2 Å². The summed E-state index contributed by atoms with van der Waals surface area (Å²) in [4.78, 5) is 29.7. The summed E-state index contributed by atoms with van der Waals surface area (Å²) in [5, 5.41) is 2.86. The number of aryl methyl sites for hydroxylation is 2. The molecule has 1 aliphatic rings. The van der Waals surface area contributed by atoms with Gasteiger partial charge >= 0.3 is 0 Å². The summed E-state index contributed by atoms with van der Waals surface area (Å²) >= 11 is 0.